The molecule has 3 N–H and O–H groups in total. The lowest BCUT2D eigenvalue weighted by Gasteiger charge is -2.18. The Hall–Kier alpha value is -2.84. The van der Waals surface area contributed by atoms with Gasteiger partial charge in [0.05, 0.1) is 34.3 Å². The molecular weight excluding hydrogens is 380 g/mol. The number of fused-ring (bicyclic) bond motifs is 1. The Balaban J connectivity index is 2.20. The van der Waals surface area contributed by atoms with E-state index < -0.39 is 28.7 Å². The summed E-state index contributed by atoms with van der Waals surface area (Å²) in [6.07, 6.45) is -0.192. The number of amides is 1. The van der Waals surface area contributed by atoms with E-state index in [2.05, 4.69) is 10.3 Å². The number of carbonyl (C=O) groups excluding carboxylic acids is 1. The molecule has 0 atom stereocenters. The Labute approximate surface area is 166 Å². The first-order valence-corrected chi connectivity index (χ1v) is 9.07. The fourth-order valence-corrected chi connectivity index (χ4v) is 3.03. The second-order valence-electron chi connectivity index (χ2n) is 8.20. The van der Waals surface area contributed by atoms with Crippen LogP contribution in [-0.4, -0.2) is 31.3 Å². The maximum Gasteiger partial charge on any atom is 0.229 e. The summed E-state index contributed by atoms with van der Waals surface area (Å²) in [6.45, 7) is 6.21. The third-order valence-electron chi connectivity index (χ3n) is 4.31. The number of halogens is 2. The summed E-state index contributed by atoms with van der Waals surface area (Å²) >= 11 is 0. The molecule has 0 aliphatic carbocycles. The van der Waals surface area contributed by atoms with Crippen molar-refractivity contribution in [2.24, 2.45) is 0 Å². The molecule has 154 valence electrons. The van der Waals surface area contributed by atoms with Gasteiger partial charge in [0.2, 0.25) is 11.9 Å². The molecular formula is C21H23F2N3O3. The van der Waals surface area contributed by atoms with E-state index in [1.54, 1.807) is 32.0 Å². The van der Waals surface area contributed by atoms with Gasteiger partial charge in [-0.3, -0.25) is 14.7 Å². The number of aromatic nitrogens is 2. The lowest BCUT2D eigenvalue weighted by atomic mass is 9.98. The van der Waals surface area contributed by atoms with Gasteiger partial charge in [-0.25, -0.2) is 13.8 Å². The van der Waals surface area contributed by atoms with E-state index in [1.807, 2.05) is 0 Å². The van der Waals surface area contributed by atoms with Gasteiger partial charge in [-0.2, -0.15) is 0 Å². The highest BCUT2D eigenvalue weighted by atomic mass is 19.1. The normalized spacial score (nSPS) is 12.4. The average Bonchev–Trinajstić information content (AvgIpc) is 2.87. The molecule has 0 radical (unpaired) electrons. The molecule has 0 fully saturated rings. The van der Waals surface area contributed by atoms with Gasteiger partial charge in [-0.15, -0.1) is 0 Å². The molecule has 3 aromatic rings. The smallest absolute Gasteiger partial charge is 0.229 e. The largest absolute Gasteiger partial charge is 0.390 e. The highest BCUT2D eigenvalue weighted by molar-refractivity contribution is 5.93. The van der Waals surface area contributed by atoms with Crippen molar-refractivity contribution >= 4 is 22.9 Å². The molecule has 0 saturated heterocycles. The molecule has 0 unspecified atom stereocenters. The topological polar surface area (TPSA) is 87.4 Å². The van der Waals surface area contributed by atoms with Gasteiger partial charge in [0, 0.05) is 6.07 Å². The Morgan fingerprint density at radius 3 is 2.24 bits per heavy atom. The first-order valence-electron chi connectivity index (χ1n) is 9.07. The zero-order chi connectivity index (χ0) is 21.6. The number of hydrogen-bond donors (Lipinski definition) is 3. The van der Waals surface area contributed by atoms with Gasteiger partial charge >= 0.3 is 0 Å². The van der Waals surface area contributed by atoms with Gasteiger partial charge in [-0.1, -0.05) is 6.07 Å². The molecule has 1 amide bonds. The van der Waals surface area contributed by atoms with Crippen LogP contribution < -0.4 is 5.32 Å². The fourth-order valence-electron chi connectivity index (χ4n) is 3.03. The maximum atomic E-state index is 13.9. The minimum Gasteiger partial charge on any atom is -0.390 e. The second-order valence-corrected chi connectivity index (χ2v) is 8.20. The number of benzene rings is 2. The van der Waals surface area contributed by atoms with Crippen molar-refractivity contribution in [3.05, 3.63) is 53.6 Å². The first-order chi connectivity index (χ1) is 13.3. The molecule has 1 heterocycles. The molecule has 0 spiro atoms. The number of rotatable bonds is 5. The summed E-state index contributed by atoms with van der Waals surface area (Å²) in [7, 11) is 0. The Morgan fingerprint density at radius 1 is 1.07 bits per heavy atom. The molecule has 8 heteroatoms. The van der Waals surface area contributed by atoms with Crippen LogP contribution in [0.2, 0.25) is 0 Å². The SMILES string of the molecule is CC(C)(O)CC(=O)Nc1nc2ccc(C(C)(C)O)cc2n1-c1cc(F)cc(F)c1. The predicted octanol–water partition coefficient (Wildman–Crippen LogP) is 3.63. The van der Waals surface area contributed by atoms with E-state index >= 15 is 0 Å². The predicted molar refractivity (Wildman–Crippen MR) is 106 cm³/mol. The van der Waals surface area contributed by atoms with Crippen LogP contribution in [0.5, 0.6) is 0 Å². The summed E-state index contributed by atoms with van der Waals surface area (Å²) in [6, 6.07) is 7.97. The van der Waals surface area contributed by atoms with Crippen molar-refractivity contribution in [1.82, 2.24) is 9.55 Å². The number of anilines is 1. The zero-order valence-corrected chi connectivity index (χ0v) is 16.6. The Bertz CT molecular complexity index is 1060. The number of aliphatic hydroxyl groups is 2. The van der Waals surface area contributed by atoms with Crippen molar-refractivity contribution in [2.75, 3.05) is 5.32 Å². The van der Waals surface area contributed by atoms with E-state index in [4.69, 9.17) is 0 Å². The molecule has 6 nitrogen and oxygen atoms in total. The molecule has 0 aliphatic rings. The average molecular weight is 403 g/mol. The third-order valence-corrected chi connectivity index (χ3v) is 4.31. The number of nitrogens with zero attached hydrogens (tertiary/aromatic N) is 2. The van der Waals surface area contributed by atoms with Crippen LogP contribution in [0.4, 0.5) is 14.7 Å². The summed E-state index contributed by atoms with van der Waals surface area (Å²) in [5.41, 5.74) is -0.788. The summed E-state index contributed by atoms with van der Waals surface area (Å²) < 4.78 is 29.1. The molecule has 29 heavy (non-hydrogen) atoms. The maximum absolute atomic E-state index is 13.9. The molecule has 0 aliphatic heterocycles. The van der Waals surface area contributed by atoms with Crippen molar-refractivity contribution < 1.29 is 23.8 Å². The monoisotopic (exact) mass is 403 g/mol. The first kappa shape index (κ1) is 20.9. The lowest BCUT2D eigenvalue weighted by molar-refractivity contribution is -0.119. The molecule has 0 saturated carbocycles. The van der Waals surface area contributed by atoms with E-state index in [0.717, 1.165) is 18.2 Å². The zero-order valence-electron chi connectivity index (χ0n) is 16.6. The number of carbonyl (C=O) groups is 1. The standard InChI is InChI=1S/C21H23F2N3O3/c1-20(2,28)11-18(27)25-19-24-16-6-5-12(21(3,4)29)7-17(16)26(19)15-9-13(22)8-14(23)10-15/h5-10,28-29H,11H2,1-4H3,(H,24,25,27). The van der Waals surface area contributed by atoms with Crippen molar-refractivity contribution in [1.29, 1.82) is 0 Å². The van der Waals surface area contributed by atoms with E-state index in [-0.39, 0.29) is 18.1 Å². The van der Waals surface area contributed by atoms with Crippen molar-refractivity contribution in [2.45, 2.75) is 45.3 Å². The van der Waals surface area contributed by atoms with Crippen molar-refractivity contribution in [3.8, 4) is 5.69 Å². The van der Waals surface area contributed by atoms with E-state index in [1.165, 1.54) is 18.4 Å². The van der Waals surface area contributed by atoms with Gasteiger partial charge in [0.25, 0.3) is 0 Å². The fraction of sp³-hybridized carbons (Fsp3) is 0.333. The Morgan fingerprint density at radius 2 is 1.69 bits per heavy atom. The van der Waals surface area contributed by atoms with Crippen LogP contribution in [0, 0.1) is 11.6 Å². The van der Waals surface area contributed by atoms with Crippen LogP contribution in [-0.2, 0) is 10.4 Å². The number of nitrogens with one attached hydrogen (secondary N) is 1. The Kier molecular flexibility index (Phi) is 5.19. The summed E-state index contributed by atoms with van der Waals surface area (Å²) in [5.74, 6) is -2.02. The quantitative estimate of drug-likeness (QED) is 0.607. The molecule has 1 aromatic heterocycles. The molecule has 0 bridgehead atoms. The van der Waals surface area contributed by atoms with Gasteiger partial charge < -0.3 is 10.2 Å². The van der Waals surface area contributed by atoms with Crippen LogP contribution in [0.25, 0.3) is 16.7 Å². The summed E-state index contributed by atoms with van der Waals surface area (Å²) in [4.78, 5) is 16.7. The van der Waals surface area contributed by atoms with Crippen LogP contribution >= 0.6 is 0 Å². The van der Waals surface area contributed by atoms with E-state index in [9.17, 15) is 23.8 Å². The minimum atomic E-state index is -1.24. The van der Waals surface area contributed by atoms with Gasteiger partial charge in [-0.05, 0) is 57.5 Å². The van der Waals surface area contributed by atoms with Crippen LogP contribution in [0.3, 0.4) is 0 Å². The van der Waals surface area contributed by atoms with E-state index in [0.29, 0.717) is 16.6 Å². The number of imidazole rings is 1. The third kappa shape index (κ3) is 4.78. The van der Waals surface area contributed by atoms with Gasteiger partial charge in [0.15, 0.2) is 0 Å². The van der Waals surface area contributed by atoms with Crippen LogP contribution in [0.15, 0.2) is 36.4 Å². The minimum absolute atomic E-state index is 0.0483. The second kappa shape index (κ2) is 7.20. The molecule has 3 rings (SSSR count). The van der Waals surface area contributed by atoms with Gasteiger partial charge in [0.1, 0.15) is 11.6 Å². The highest BCUT2D eigenvalue weighted by Crippen LogP contribution is 2.30. The highest BCUT2D eigenvalue weighted by Gasteiger charge is 2.23. The lowest BCUT2D eigenvalue weighted by Crippen LogP contribution is -2.28. The summed E-state index contributed by atoms with van der Waals surface area (Å²) in [5, 5.41) is 22.8. The van der Waals surface area contributed by atoms with Crippen molar-refractivity contribution in [3.63, 3.8) is 0 Å². The van der Waals surface area contributed by atoms with Crippen LogP contribution in [0.1, 0.15) is 39.7 Å². The molecule has 2 aromatic carbocycles. The number of hydrogen-bond acceptors (Lipinski definition) is 4.